The van der Waals surface area contributed by atoms with Gasteiger partial charge in [-0.3, -0.25) is 9.78 Å². The Morgan fingerprint density at radius 2 is 2.26 bits per heavy atom. The minimum Gasteiger partial charge on any atom is -0.337 e. The van der Waals surface area contributed by atoms with Crippen LogP contribution in [-0.2, 0) is 17.8 Å². The van der Waals surface area contributed by atoms with E-state index in [2.05, 4.69) is 10.3 Å². The Labute approximate surface area is 108 Å². The van der Waals surface area contributed by atoms with Crippen molar-refractivity contribution in [3.8, 4) is 0 Å². The number of carbonyl (C=O) groups is 1. The van der Waals surface area contributed by atoms with Crippen molar-refractivity contribution in [3.05, 3.63) is 29.6 Å². The van der Waals surface area contributed by atoms with Crippen LogP contribution in [0.2, 0.25) is 0 Å². The van der Waals surface area contributed by atoms with Crippen LogP contribution in [0.25, 0.3) is 0 Å². The smallest absolute Gasteiger partial charge is 0.337 e. The fraction of sp³-hybridized carbons (Fsp3) is 0.500. The van der Waals surface area contributed by atoms with Crippen LogP contribution in [0.4, 0.5) is 13.2 Å². The van der Waals surface area contributed by atoms with Crippen LogP contribution >= 0.6 is 0 Å². The largest absolute Gasteiger partial charge is 0.401 e. The Balaban J connectivity index is 1.85. The molecule has 0 spiro atoms. The second kappa shape index (κ2) is 5.56. The van der Waals surface area contributed by atoms with E-state index in [1.165, 1.54) is 0 Å². The quantitative estimate of drug-likeness (QED) is 0.897. The van der Waals surface area contributed by atoms with Crippen molar-refractivity contribution in [1.29, 1.82) is 0 Å². The van der Waals surface area contributed by atoms with Gasteiger partial charge < -0.3 is 10.2 Å². The van der Waals surface area contributed by atoms with Crippen molar-refractivity contribution >= 4 is 5.91 Å². The first-order chi connectivity index (χ1) is 8.96. The molecule has 0 bridgehead atoms. The van der Waals surface area contributed by atoms with Crippen molar-refractivity contribution in [2.45, 2.75) is 19.1 Å². The highest BCUT2D eigenvalue weighted by Gasteiger charge is 2.27. The molecule has 0 saturated carbocycles. The highest BCUT2D eigenvalue weighted by atomic mass is 19.4. The second-order valence-electron chi connectivity index (χ2n) is 4.39. The molecular weight excluding hydrogens is 259 g/mol. The van der Waals surface area contributed by atoms with Gasteiger partial charge in [0.1, 0.15) is 0 Å². The minimum absolute atomic E-state index is 0.297. The average Bonchev–Trinajstić information content (AvgIpc) is 2.36. The average molecular weight is 273 g/mol. The Morgan fingerprint density at radius 1 is 1.47 bits per heavy atom. The number of nitrogens with zero attached hydrogens (tertiary/aromatic N) is 2. The summed E-state index contributed by atoms with van der Waals surface area (Å²) < 4.78 is 35.8. The Bertz CT molecular complexity index is 462. The third kappa shape index (κ3) is 3.92. The van der Waals surface area contributed by atoms with E-state index in [0.29, 0.717) is 19.5 Å². The predicted molar refractivity (Wildman–Crippen MR) is 62.3 cm³/mol. The van der Waals surface area contributed by atoms with Gasteiger partial charge in [0.2, 0.25) is 5.91 Å². The zero-order chi connectivity index (χ0) is 13.9. The van der Waals surface area contributed by atoms with Gasteiger partial charge in [0, 0.05) is 31.4 Å². The molecule has 0 radical (unpaired) electrons. The van der Waals surface area contributed by atoms with Crippen molar-refractivity contribution in [1.82, 2.24) is 15.2 Å². The summed E-state index contributed by atoms with van der Waals surface area (Å²) in [7, 11) is 0. The van der Waals surface area contributed by atoms with E-state index in [1.54, 1.807) is 17.2 Å². The monoisotopic (exact) mass is 273 g/mol. The Hall–Kier alpha value is -1.63. The molecule has 1 aromatic rings. The van der Waals surface area contributed by atoms with Gasteiger partial charge >= 0.3 is 6.18 Å². The first-order valence-corrected chi connectivity index (χ1v) is 5.94. The Kier molecular flexibility index (Phi) is 4.04. The summed E-state index contributed by atoms with van der Waals surface area (Å²) in [6, 6.07) is 3.67. The fourth-order valence-corrected chi connectivity index (χ4v) is 2.00. The van der Waals surface area contributed by atoms with E-state index in [9.17, 15) is 18.0 Å². The zero-order valence-electron chi connectivity index (χ0n) is 10.2. The number of amides is 1. The second-order valence-corrected chi connectivity index (χ2v) is 4.39. The first-order valence-electron chi connectivity index (χ1n) is 5.94. The number of pyridine rings is 1. The molecule has 0 atom stereocenters. The lowest BCUT2D eigenvalue weighted by atomic mass is 10.1. The fourth-order valence-electron chi connectivity index (χ4n) is 2.00. The van der Waals surface area contributed by atoms with Gasteiger partial charge in [-0.15, -0.1) is 0 Å². The molecular formula is C12H14F3N3O. The number of rotatable bonds is 3. The first kappa shape index (κ1) is 13.8. The lowest BCUT2D eigenvalue weighted by Crippen LogP contribution is -2.43. The normalized spacial score (nSPS) is 15.2. The molecule has 1 aliphatic heterocycles. The van der Waals surface area contributed by atoms with E-state index >= 15 is 0 Å². The molecule has 104 valence electrons. The van der Waals surface area contributed by atoms with Crippen LogP contribution in [0.3, 0.4) is 0 Å². The molecule has 7 heteroatoms. The van der Waals surface area contributed by atoms with E-state index in [1.807, 2.05) is 6.07 Å². The molecule has 2 heterocycles. The van der Waals surface area contributed by atoms with E-state index in [4.69, 9.17) is 0 Å². The number of alkyl halides is 3. The SMILES string of the molecule is O=C(CNCC(F)(F)F)N1CCc2ncccc2C1. The standard InChI is InChI=1S/C12H14F3N3O/c13-12(14,15)8-16-6-11(19)18-5-3-10-9(7-18)2-1-4-17-10/h1-2,4,16H,3,5-8H2. The van der Waals surface area contributed by atoms with E-state index in [-0.39, 0.29) is 12.5 Å². The molecule has 1 amide bonds. The van der Waals surface area contributed by atoms with Crippen molar-refractivity contribution in [3.63, 3.8) is 0 Å². The molecule has 0 unspecified atom stereocenters. The molecule has 4 nitrogen and oxygen atoms in total. The number of aromatic nitrogens is 1. The Morgan fingerprint density at radius 3 is 3.00 bits per heavy atom. The molecule has 0 aliphatic carbocycles. The van der Waals surface area contributed by atoms with Crippen LogP contribution in [-0.4, -0.2) is 41.6 Å². The van der Waals surface area contributed by atoms with Crippen LogP contribution in [0.5, 0.6) is 0 Å². The summed E-state index contributed by atoms with van der Waals surface area (Å²) in [6.45, 7) is -0.536. The summed E-state index contributed by atoms with van der Waals surface area (Å²) in [5.74, 6) is -0.321. The van der Waals surface area contributed by atoms with Crippen LogP contribution < -0.4 is 5.32 Å². The molecule has 1 aromatic heterocycles. The summed E-state index contributed by atoms with van der Waals surface area (Å²) in [6.07, 6.45) is -1.96. The highest BCUT2D eigenvalue weighted by Crippen LogP contribution is 2.16. The van der Waals surface area contributed by atoms with Crippen LogP contribution in [0.1, 0.15) is 11.3 Å². The third-order valence-corrected chi connectivity index (χ3v) is 2.92. The summed E-state index contributed by atoms with van der Waals surface area (Å²) in [5, 5.41) is 2.11. The van der Waals surface area contributed by atoms with Crippen molar-refractivity contribution in [2.24, 2.45) is 0 Å². The topological polar surface area (TPSA) is 45.2 Å². The van der Waals surface area contributed by atoms with Gasteiger partial charge in [-0.05, 0) is 11.6 Å². The molecule has 19 heavy (non-hydrogen) atoms. The predicted octanol–water partition coefficient (Wildman–Crippen LogP) is 1.12. The zero-order valence-corrected chi connectivity index (χ0v) is 10.2. The molecule has 0 fully saturated rings. The lowest BCUT2D eigenvalue weighted by molar-refractivity contribution is -0.134. The maximum Gasteiger partial charge on any atom is 0.401 e. The maximum absolute atomic E-state index is 11.9. The molecule has 1 aliphatic rings. The van der Waals surface area contributed by atoms with Gasteiger partial charge in [-0.2, -0.15) is 13.2 Å². The molecule has 2 rings (SSSR count). The molecule has 0 saturated heterocycles. The van der Waals surface area contributed by atoms with Gasteiger partial charge in [0.15, 0.2) is 0 Å². The van der Waals surface area contributed by atoms with Crippen LogP contribution in [0, 0.1) is 0 Å². The van der Waals surface area contributed by atoms with Crippen molar-refractivity contribution in [2.75, 3.05) is 19.6 Å². The summed E-state index contributed by atoms with van der Waals surface area (Å²) in [4.78, 5) is 17.5. The number of nitrogens with one attached hydrogen (secondary N) is 1. The van der Waals surface area contributed by atoms with Gasteiger partial charge in [-0.1, -0.05) is 6.07 Å². The number of carbonyl (C=O) groups excluding carboxylic acids is 1. The van der Waals surface area contributed by atoms with Gasteiger partial charge in [0.25, 0.3) is 0 Å². The third-order valence-electron chi connectivity index (χ3n) is 2.92. The number of hydrogen-bond donors (Lipinski definition) is 1. The molecule has 0 aromatic carbocycles. The number of hydrogen-bond acceptors (Lipinski definition) is 3. The highest BCUT2D eigenvalue weighted by molar-refractivity contribution is 5.78. The van der Waals surface area contributed by atoms with Gasteiger partial charge in [-0.25, -0.2) is 0 Å². The number of fused-ring (bicyclic) bond motifs is 1. The van der Waals surface area contributed by atoms with Crippen molar-refractivity contribution < 1.29 is 18.0 Å². The maximum atomic E-state index is 11.9. The lowest BCUT2D eigenvalue weighted by Gasteiger charge is -2.28. The summed E-state index contributed by atoms with van der Waals surface area (Å²) >= 11 is 0. The summed E-state index contributed by atoms with van der Waals surface area (Å²) in [5.41, 5.74) is 1.91. The van der Waals surface area contributed by atoms with E-state index < -0.39 is 12.7 Å². The number of halogens is 3. The van der Waals surface area contributed by atoms with Gasteiger partial charge in [0.05, 0.1) is 13.1 Å². The van der Waals surface area contributed by atoms with Crippen LogP contribution in [0.15, 0.2) is 18.3 Å². The van der Waals surface area contributed by atoms with E-state index in [0.717, 1.165) is 11.3 Å². The minimum atomic E-state index is -4.29. The molecule has 1 N–H and O–H groups in total.